The van der Waals surface area contributed by atoms with E-state index in [9.17, 15) is 0 Å². The normalized spacial score (nSPS) is 10.2. The van der Waals surface area contributed by atoms with E-state index < -0.39 is 0 Å². The molecule has 0 spiro atoms. The van der Waals surface area contributed by atoms with E-state index in [0.29, 0.717) is 11.7 Å². The predicted molar refractivity (Wildman–Crippen MR) is 82.3 cm³/mol. The zero-order valence-electron chi connectivity index (χ0n) is 11.1. The summed E-state index contributed by atoms with van der Waals surface area (Å²) in [5.41, 5.74) is 3.88. The molecule has 5 heteroatoms. The number of hydrogen-bond acceptors (Lipinski definition) is 2. The van der Waals surface area contributed by atoms with Crippen molar-refractivity contribution in [2.45, 2.75) is 13.3 Å². The van der Waals surface area contributed by atoms with Gasteiger partial charge in [-0.05, 0) is 42.9 Å². The van der Waals surface area contributed by atoms with Gasteiger partial charge >= 0.3 is 0 Å². The first-order valence-electron chi connectivity index (χ1n) is 6.22. The zero-order valence-corrected chi connectivity index (χ0v) is 11.9. The Morgan fingerprint density at radius 2 is 2.16 bits per heavy atom. The van der Waals surface area contributed by atoms with Gasteiger partial charge < -0.3 is 10.1 Å². The fourth-order valence-corrected chi connectivity index (χ4v) is 1.42. The van der Waals surface area contributed by atoms with E-state index in [4.69, 9.17) is 17.0 Å². The van der Waals surface area contributed by atoms with Crippen molar-refractivity contribution in [2.24, 2.45) is 0 Å². The number of hydrogen-bond donors (Lipinski definition) is 3. The molecular weight excluding hydrogens is 258 g/mol. The lowest BCUT2D eigenvalue weighted by Gasteiger charge is -2.03. The van der Waals surface area contributed by atoms with Crippen molar-refractivity contribution >= 4 is 23.5 Å². The topological polar surface area (TPSA) is 47.3 Å². The van der Waals surface area contributed by atoms with Crippen LogP contribution in [0.25, 0.3) is 0 Å². The van der Waals surface area contributed by atoms with Crippen molar-refractivity contribution in [3.63, 3.8) is 0 Å². The Bertz CT molecular complexity index is 429. The minimum atomic E-state index is 0.527. The van der Waals surface area contributed by atoms with E-state index in [1.54, 1.807) is 6.08 Å². The molecule has 0 saturated heterocycles. The fourth-order valence-electron chi connectivity index (χ4n) is 1.27. The first-order chi connectivity index (χ1) is 9.26. The molecule has 0 atom stereocenters. The summed E-state index contributed by atoms with van der Waals surface area (Å²) in [5, 5.41) is 6.40. The average Bonchev–Trinajstić information content (AvgIpc) is 2.44. The van der Waals surface area contributed by atoms with Crippen LogP contribution in [0.15, 0.2) is 36.9 Å². The molecule has 102 valence electrons. The van der Waals surface area contributed by atoms with Crippen molar-refractivity contribution in [2.75, 3.05) is 13.2 Å². The van der Waals surface area contributed by atoms with E-state index in [1.807, 2.05) is 30.5 Å². The zero-order chi connectivity index (χ0) is 13.9. The summed E-state index contributed by atoms with van der Waals surface area (Å²) in [7, 11) is 0. The van der Waals surface area contributed by atoms with Crippen LogP contribution in [0.3, 0.4) is 0 Å². The standard InChI is InChI=1S/C14H19N3OS/c1-3-9-15-14(19)17-16-11-12-5-7-13(8-6-12)18-10-4-2/h3,5-8,11H,1,4,9-10H2,2H3,(H2,15,17,19)/p+1. The molecule has 0 aliphatic carbocycles. The second-order valence-corrected chi connectivity index (χ2v) is 4.24. The molecule has 3 N–H and O–H groups in total. The highest BCUT2D eigenvalue weighted by atomic mass is 32.1. The summed E-state index contributed by atoms with van der Waals surface area (Å²) in [4.78, 5) is 0. The van der Waals surface area contributed by atoms with Gasteiger partial charge in [0.25, 0.3) is 0 Å². The highest BCUT2D eigenvalue weighted by molar-refractivity contribution is 7.80. The molecule has 1 aromatic rings. The first-order valence-corrected chi connectivity index (χ1v) is 6.63. The monoisotopic (exact) mass is 278 g/mol. The van der Waals surface area contributed by atoms with Gasteiger partial charge in [0.15, 0.2) is 6.21 Å². The van der Waals surface area contributed by atoms with Crippen molar-refractivity contribution in [3.05, 3.63) is 42.5 Å². The molecule has 0 saturated carbocycles. The highest BCUT2D eigenvalue weighted by Gasteiger charge is 1.96. The molecule has 0 bridgehead atoms. The summed E-state index contributed by atoms with van der Waals surface area (Å²) in [6.07, 6.45) is 4.58. The van der Waals surface area contributed by atoms with Gasteiger partial charge in [0.2, 0.25) is 5.11 Å². The third-order valence-electron chi connectivity index (χ3n) is 2.18. The molecule has 0 aromatic heterocycles. The summed E-state index contributed by atoms with van der Waals surface area (Å²) in [5.74, 6) is 0.884. The van der Waals surface area contributed by atoms with Crippen molar-refractivity contribution < 1.29 is 9.84 Å². The molecule has 0 amide bonds. The Labute approximate surface area is 119 Å². The van der Waals surface area contributed by atoms with Crippen LogP contribution in [-0.2, 0) is 0 Å². The third-order valence-corrected chi connectivity index (χ3v) is 2.43. The Balaban J connectivity index is 2.39. The Kier molecular flexibility index (Phi) is 7.27. The first kappa shape index (κ1) is 15.2. The Morgan fingerprint density at radius 3 is 2.79 bits per heavy atom. The van der Waals surface area contributed by atoms with E-state index in [2.05, 4.69) is 29.3 Å². The van der Waals surface area contributed by atoms with Crippen molar-refractivity contribution in [1.82, 2.24) is 10.7 Å². The minimum Gasteiger partial charge on any atom is -0.494 e. The van der Waals surface area contributed by atoms with Gasteiger partial charge in [-0.25, -0.2) is 0 Å². The number of thiocarbonyl (C=S) groups is 1. The molecule has 4 nitrogen and oxygen atoms in total. The lowest BCUT2D eigenvalue weighted by Crippen LogP contribution is -2.82. The Morgan fingerprint density at radius 1 is 1.42 bits per heavy atom. The van der Waals surface area contributed by atoms with Crippen LogP contribution in [0.2, 0.25) is 0 Å². The van der Waals surface area contributed by atoms with Gasteiger partial charge in [-0.2, -0.15) is 0 Å². The van der Waals surface area contributed by atoms with Crippen LogP contribution in [0.5, 0.6) is 5.75 Å². The SMILES string of the molecule is C=CCNC(=S)N[NH+]=Cc1ccc(OCCC)cc1. The van der Waals surface area contributed by atoms with Crippen LogP contribution < -0.4 is 20.6 Å². The maximum absolute atomic E-state index is 5.51. The summed E-state index contributed by atoms with van der Waals surface area (Å²) >= 11 is 5.03. The molecule has 0 aliphatic heterocycles. The van der Waals surface area contributed by atoms with E-state index in [-0.39, 0.29) is 0 Å². The summed E-state index contributed by atoms with van der Waals surface area (Å²) < 4.78 is 5.51. The number of rotatable bonds is 7. The highest BCUT2D eigenvalue weighted by Crippen LogP contribution is 2.10. The molecule has 0 radical (unpaired) electrons. The molecule has 0 aliphatic rings. The average molecular weight is 278 g/mol. The van der Waals surface area contributed by atoms with Crippen molar-refractivity contribution in [1.29, 1.82) is 0 Å². The second kappa shape index (κ2) is 9.10. The molecule has 0 heterocycles. The van der Waals surface area contributed by atoms with Gasteiger partial charge in [-0.15, -0.1) is 17.1 Å². The van der Waals surface area contributed by atoms with E-state index in [0.717, 1.165) is 24.3 Å². The predicted octanol–water partition coefficient (Wildman–Crippen LogP) is 0.540. The molecule has 19 heavy (non-hydrogen) atoms. The van der Waals surface area contributed by atoms with E-state index >= 15 is 0 Å². The summed E-state index contributed by atoms with van der Waals surface area (Å²) in [6.45, 7) is 7.06. The summed E-state index contributed by atoms with van der Waals surface area (Å²) in [6, 6.07) is 7.83. The van der Waals surface area contributed by atoms with Crippen LogP contribution in [-0.4, -0.2) is 24.5 Å². The largest absolute Gasteiger partial charge is 0.494 e. The van der Waals surface area contributed by atoms with Gasteiger partial charge in [0, 0.05) is 12.1 Å². The van der Waals surface area contributed by atoms with Crippen LogP contribution >= 0.6 is 12.2 Å². The van der Waals surface area contributed by atoms with Crippen molar-refractivity contribution in [3.8, 4) is 5.75 Å². The van der Waals surface area contributed by atoms with Crippen LogP contribution in [0, 0.1) is 0 Å². The molecule has 1 rings (SSSR count). The van der Waals surface area contributed by atoms with Crippen LogP contribution in [0.4, 0.5) is 0 Å². The maximum Gasteiger partial charge on any atom is 0.224 e. The fraction of sp³-hybridized carbons (Fsp3) is 0.286. The van der Waals surface area contributed by atoms with Gasteiger partial charge in [-0.1, -0.05) is 13.0 Å². The molecular formula is C14H20N3OS+. The van der Waals surface area contributed by atoms with Gasteiger partial charge in [0.05, 0.1) is 6.61 Å². The van der Waals surface area contributed by atoms with Gasteiger partial charge in [0.1, 0.15) is 5.75 Å². The second-order valence-electron chi connectivity index (χ2n) is 3.83. The third kappa shape index (κ3) is 6.57. The number of ether oxygens (including phenoxy) is 1. The Hall–Kier alpha value is -1.88. The smallest absolute Gasteiger partial charge is 0.224 e. The molecule has 0 unspecified atom stereocenters. The van der Waals surface area contributed by atoms with Crippen LogP contribution in [0.1, 0.15) is 18.9 Å². The maximum atomic E-state index is 5.51. The lowest BCUT2D eigenvalue weighted by molar-refractivity contribution is -0.500. The number of hydrazone groups is 1. The minimum absolute atomic E-state index is 0.527. The van der Waals surface area contributed by atoms with E-state index in [1.165, 1.54) is 0 Å². The molecule has 0 fully saturated rings. The molecule has 1 aromatic carbocycles. The quantitative estimate of drug-likeness (QED) is 0.295. The number of nitrogens with one attached hydrogen (secondary N) is 3. The van der Waals surface area contributed by atoms with Gasteiger partial charge in [-0.3, -0.25) is 0 Å². The number of benzene rings is 1. The lowest BCUT2D eigenvalue weighted by atomic mass is 10.2. The number of hydrazine groups is 1.